The van der Waals surface area contributed by atoms with E-state index in [0.717, 1.165) is 32.2 Å². The number of carbonyl (C=O) groups is 2. The molecule has 82 valence electrons. The van der Waals surface area contributed by atoms with E-state index in [0.29, 0.717) is 18.4 Å². The summed E-state index contributed by atoms with van der Waals surface area (Å²) in [6.07, 6.45) is 3.34. The van der Waals surface area contributed by atoms with Crippen LogP contribution in [0.3, 0.4) is 0 Å². The van der Waals surface area contributed by atoms with Crippen molar-refractivity contribution in [3.63, 3.8) is 0 Å². The average molecular weight is 209 g/mol. The largest absolute Gasteiger partial charge is 0.481 e. The Hall–Kier alpha value is -0.900. The minimum absolute atomic E-state index is 0.0382. The van der Waals surface area contributed by atoms with Crippen LogP contribution in [0.4, 0.5) is 0 Å². The summed E-state index contributed by atoms with van der Waals surface area (Å²) in [6, 6.07) is 0.362. The lowest BCUT2D eigenvalue weighted by Crippen LogP contribution is -2.44. The smallest absolute Gasteiger partial charge is 0.307 e. The summed E-state index contributed by atoms with van der Waals surface area (Å²) in [5.74, 6) is -0.495. The molecule has 2 aliphatic heterocycles. The van der Waals surface area contributed by atoms with Gasteiger partial charge in [-0.3, -0.25) is 14.5 Å². The highest BCUT2D eigenvalue weighted by atomic mass is 16.4. The Kier molecular flexibility index (Phi) is 1.75. The molecule has 1 aliphatic carbocycles. The van der Waals surface area contributed by atoms with Gasteiger partial charge in [0.15, 0.2) is 0 Å². The third-order valence-electron chi connectivity index (χ3n) is 4.42. The number of nitrogens with zero attached hydrogens (tertiary/aromatic N) is 1. The Morgan fingerprint density at radius 2 is 2.20 bits per heavy atom. The van der Waals surface area contributed by atoms with E-state index in [2.05, 4.69) is 4.90 Å². The summed E-state index contributed by atoms with van der Waals surface area (Å²) < 4.78 is 0. The lowest BCUT2D eigenvalue weighted by molar-refractivity contribution is -0.144. The molecule has 3 fully saturated rings. The fourth-order valence-electron chi connectivity index (χ4n) is 3.40. The highest BCUT2D eigenvalue weighted by molar-refractivity contribution is 6.02. The Labute approximate surface area is 88.2 Å². The zero-order chi connectivity index (χ0) is 10.6. The molecule has 3 unspecified atom stereocenters. The van der Waals surface area contributed by atoms with E-state index < -0.39 is 5.97 Å². The minimum Gasteiger partial charge on any atom is -0.481 e. The summed E-state index contributed by atoms with van der Waals surface area (Å²) >= 11 is 0. The van der Waals surface area contributed by atoms with Crippen LogP contribution in [0.25, 0.3) is 0 Å². The van der Waals surface area contributed by atoms with Gasteiger partial charge < -0.3 is 5.11 Å². The maximum absolute atomic E-state index is 11.4. The van der Waals surface area contributed by atoms with Crippen LogP contribution in [0.5, 0.6) is 0 Å². The van der Waals surface area contributed by atoms with Gasteiger partial charge in [0, 0.05) is 19.0 Å². The van der Waals surface area contributed by atoms with Crippen LogP contribution < -0.4 is 0 Å². The van der Waals surface area contributed by atoms with Crippen molar-refractivity contribution in [3.05, 3.63) is 0 Å². The molecule has 15 heavy (non-hydrogen) atoms. The Bertz CT molecular complexity index is 341. The van der Waals surface area contributed by atoms with Gasteiger partial charge in [-0.25, -0.2) is 0 Å². The van der Waals surface area contributed by atoms with Crippen molar-refractivity contribution < 1.29 is 14.7 Å². The van der Waals surface area contributed by atoms with Crippen molar-refractivity contribution in [1.82, 2.24) is 4.90 Å². The van der Waals surface area contributed by atoms with E-state index in [1.165, 1.54) is 0 Å². The number of carboxylic acid groups (broad SMARTS) is 1. The number of fused-ring (bicyclic) bond motifs is 2. The van der Waals surface area contributed by atoms with Gasteiger partial charge in [-0.1, -0.05) is 0 Å². The number of ketones is 1. The summed E-state index contributed by atoms with van der Waals surface area (Å²) in [7, 11) is 0. The number of hydrogen-bond acceptors (Lipinski definition) is 3. The number of rotatable bonds is 1. The highest BCUT2D eigenvalue weighted by Gasteiger charge is 2.63. The van der Waals surface area contributed by atoms with Crippen LogP contribution in [-0.2, 0) is 9.59 Å². The van der Waals surface area contributed by atoms with Crippen LogP contribution in [0.2, 0.25) is 0 Å². The number of carbonyl (C=O) groups excluding carboxylic acids is 1. The monoisotopic (exact) mass is 209 g/mol. The second-order valence-corrected chi connectivity index (χ2v) is 5.13. The predicted molar refractivity (Wildman–Crippen MR) is 52.4 cm³/mol. The number of carboxylic acids is 1. The molecule has 2 heterocycles. The summed E-state index contributed by atoms with van der Waals surface area (Å²) in [6.45, 7) is 1.56. The van der Waals surface area contributed by atoms with E-state index in [1.54, 1.807) is 0 Å². The quantitative estimate of drug-likeness (QED) is 0.683. The molecule has 3 aliphatic rings. The Balaban J connectivity index is 1.75. The third-order valence-corrected chi connectivity index (χ3v) is 4.42. The van der Waals surface area contributed by atoms with Gasteiger partial charge >= 0.3 is 5.97 Å². The second-order valence-electron chi connectivity index (χ2n) is 5.13. The van der Waals surface area contributed by atoms with Crippen LogP contribution in [-0.4, -0.2) is 40.9 Å². The van der Waals surface area contributed by atoms with Crippen molar-refractivity contribution in [2.75, 3.05) is 13.1 Å². The first-order valence-corrected chi connectivity index (χ1v) is 5.64. The maximum atomic E-state index is 11.4. The molecule has 3 atom stereocenters. The van der Waals surface area contributed by atoms with Gasteiger partial charge in [0.05, 0.1) is 11.3 Å². The highest BCUT2D eigenvalue weighted by Crippen LogP contribution is 2.56. The van der Waals surface area contributed by atoms with Crippen LogP contribution in [0.15, 0.2) is 0 Å². The van der Waals surface area contributed by atoms with Crippen LogP contribution in [0, 0.1) is 11.3 Å². The Morgan fingerprint density at radius 1 is 1.47 bits per heavy atom. The van der Waals surface area contributed by atoms with E-state index in [4.69, 9.17) is 5.11 Å². The standard InChI is InChI=1S/C11H15NO3/c13-9-5-11(9)3-4-12-6-7(10(14)15)1-2-8(11)12/h7-8H,1-6H2,(H,14,15). The molecule has 1 spiro atoms. The van der Waals surface area contributed by atoms with Gasteiger partial charge in [0.1, 0.15) is 5.78 Å². The van der Waals surface area contributed by atoms with Crippen LogP contribution >= 0.6 is 0 Å². The SMILES string of the molecule is O=C(O)C1CCC2N(CCC23CC3=O)C1. The molecule has 3 rings (SSSR count). The molecule has 0 aromatic carbocycles. The van der Waals surface area contributed by atoms with Crippen molar-refractivity contribution in [2.24, 2.45) is 11.3 Å². The first-order chi connectivity index (χ1) is 7.13. The topological polar surface area (TPSA) is 57.6 Å². The average Bonchev–Trinajstić information content (AvgIpc) is 2.70. The van der Waals surface area contributed by atoms with Gasteiger partial charge in [-0.05, 0) is 25.8 Å². The molecule has 1 N–H and O–H groups in total. The Morgan fingerprint density at radius 3 is 2.80 bits per heavy atom. The molecule has 1 saturated carbocycles. The van der Waals surface area contributed by atoms with E-state index >= 15 is 0 Å². The second kappa shape index (κ2) is 2.82. The third kappa shape index (κ3) is 1.17. The van der Waals surface area contributed by atoms with Gasteiger partial charge in [0.2, 0.25) is 0 Å². The number of piperidine rings is 1. The van der Waals surface area contributed by atoms with Gasteiger partial charge in [-0.15, -0.1) is 0 Å². The molecule has 0 amide bonds. The fourth-order valence-corrected chi connectivity index (χ4v) is 3.40. The zero-order valence-electron chi connectivity index (χ0n) is 8.61. The molecule has 0 radical (unpaired) electrons. The lowest BCUT2D eigenvalue weighted by Gasteiger charge is -2.35. The van der Waals surface area contributed by atoms with Crippen molar-refractivity contribution in [1.29, 1.82) is 0 Å². The number of aliphatic carboxylic acids is 1. The normalized spacial score (nSPS) is 44.4. The van der Waals surface area contributed by atoms with Crippen molar-refractivity contribution in [2.45, 2.75) is 31.7 Å². The first-order valence-electron chi connectivity index (χ1n) is 5.64. The summed E-state index contributed by atoms with van der Waals surface area (Å²) in [4.78, 5) is 24.6. The molecule has 0 aromatic rings. The lowest BCUT2D eigenvalue weighted by atomic mass is 9.86. The maximum Gasteiger partial charge on any atom is 0.307 e. The summed E-state index contributed by atoms with van der Waals surface area (Å²) in [5.41, 5.74) is -0.0382. The first kappa shape index (κ1) is 9.33. The number of hydrogen-bond donors (Lipinski definition) is 1. The summed E-state index contributed by atoms with van der Waals surface area (Å²) in [5, 5.41) is 8.96. The minimum atomic E-state index is -0.684. The number of Topliss-reactive ketones (excluding diaryl/α,β-unsaturated/α-hetero) is 1. The van der Waals surface area contributed by atoms with Crippen molar-refractivity contribution in [3.8, 4) is 0 Å². The molecule has 2 saturated heterocycles. The van der Waals surface area contributed by atoms with E-state index in [-0.39, 0.29) is 11.3 Å². The zero-order valence-corrected chi connectivity index (χ0v) is 8.61. The van der Waals surface area contributed by atoms with Crippen LogP contribution in [0.1, 0.15) is 25.7 Å². The predicted octanol–water partition coefficient (Wildman–Crippen LogP) is 0.514. The van der Waals surface area contributed by atoms with E-state index in [9.17, 15) is 9.59 Å². The molecule has 4 heteroatoms. The molecule has 0 aromatic heterocycles. The van der Waals surface area contributed by atoms with Gasteiger partial charge in [0.25, 0.3) is 0 Å². The fraction of sp³-hybridized carbons (Fsp3) is 0.818. The van der Waals surface area contributed by atoms with Gasteiger partial charge in [-0.2, -0.15) is 0 Å². The molecule has 4 nitrogen and oxygen atoms in total. The molecular weight excluding hydrogens is 194 g/mol. The molecule has 0 bridgehead atoms. The van der Waals surface area contributed by atoms with Crippen molar-refractivity contribution >= 4 is 11.8 Å². The van der Waals surface area contributed by atoms with E-state index in [1.807, 2.05) is 0 Å². The molecular formula is C11H15NO3.